The highest BCUT2D eigenvalue weighted by Gasteiger charge is 2.36. The smallest absolute Gasteiger partial charge is 0.350 e. The van der Waals surface area contributed by atoms with E-state index < -0.39 is 5.44 Å². The molecule has 2 bridgehead atoms. The predicted octanol–water partition coefficient (Wildman–Crippen LogP) is 2.64. The molecule has 3 aliphatic rings. The highest BCUT2D eigenvalue weighted by atomic mass is 35.5. The summed E-state index contributed by atoms with van der Waals surface area (Å²) in [6, 6.07) is 0. The van der Waals surface area contributed by atoms with Crippen molar-refractivity contribution in [2.75, 3.05) is 5.75 Å². The second kappa shape index (κ2) is 4.24. The van der Waals surface area contributed by atoms with E-state index in [1.807, 2.05) is 0 Å². The van der Waals surface area contributed by atoms with Crippen molar-refractivity contribution in [3.05, 3.63) is 11.3 Å². The molecule has 0 N–H and O–H groups in total. The Balaban J connectivity index is 1.61. The van der Waals surface area contributed by atoms with Crippen LogP contribution in [0.1, 0.15) is 25.7 Å². The summed E-state index contributed by atoms with van der Waals surface area (Å²) in [4.78, 5) is 11.8. The summed E-state index contributed by atoms with van der Waals surface area (Å²) in [7, 11) is 0. The Labute approximate surface area is 103 Å². The minimum absolute atomic E-state index is 0.289. The molecule has 0 spiro atoms. The van der Waals surface area contributed by atoms with Crippen LogP contribution < -0.4 is 0 Å². The van der Waals surface area contributed by atoms with Crippen LogP contribution in [-0.4, -0.2) is 22.7 Å². The van der Waals surface area contributed by atoms with Crippen LogP contribution in [0, 0.1) is 5.92 Å². The van der Waals surface area contributed by atoms with E-state index in [1.165, 1.54) is 23.8 Å². The first-order valence-corrected chi connectivity index (χ1v) is 7.04. The van der Waals surface area contributed by atoms with E-state index >= 15 is 0 Å². The van der Waals surface area contributed by atoms with Crippen molar-refractivity contribution in [2.45, 2.75) is 36.7 Å². The van der Waals surface area contributed by atoms with E-state index in [-0.39, 0.29) is 11.5 Å². The number of halogens is 1. The molecule has 16 heavy (non-hydrogen) atoms. The molecular formula is C11H13ClO3S. The fourth-order valence-corrected chi connectivity index (χ4v) is 3.73. The number of esters is 1. The van der Waals surface area contributed by atoms with Crippen molar-refractivity contribution < 1.29 is 14.3 Å². The molecule has 3 atom stereocenters. The largest absolute Gasteiger partial charge is 0.429 e. The van der Waals surface area contributed by atoms with Crippen molar-refractivity contribution >= 4 is 29.3 Å². The predicted molar refractivity (Wildman–Crippen MR) is 62.0 cm³/mol. The van der Waals surface area contributed by atoms with Crippen LogP contribution in [-0.2, 0) is 14.3 Å². The molecule has 0 radical (unpaired) electrons. The SMILES string of the molecule is O=C(OC1=C2CCC(C2)C1)C1OC(Cl)CS1. The minimum Gasteiger partial charge on any atom is -0.429 e. The molecule has 3 unspecified atom stereocenters. The van der Waals surface area contributed by atoms with Gasteiger partial charge in [-0.05, 0) is 30.8 Å². The van der Waals surface area contributed by atoms with Crippen LogP contribution in [0.3, 0.4) is 0 Å². The van der Waals surface area contributed by atoms with Gasteiger partial charge in [-0.1, -0.05) is 11.6 Å². The highest BCUT2D eigenvalue weighted by molar-refractivity contribution is 8.00. The van der Waals surface area contributed by atoms with Crippen molar-refractivity contribution in [3.63, 3.8) is 0 Å². The molecule has 0 aromatic carbocycles. The number of fused-ring (bicyclic) bond motifs is 2. The standard InChI is InChI=1S/C11H13ClO3S/c12-9-5-16-11(15-9)10(13)14-8-4-6-1-2-7(8)3-6/h6,9,11H,1-5H2. The highest BCUT2D eigenvalue weighted by Crippen LogP contribution is 2.44. The molecule has 1 heterocycles. The number of thioether (sulfide) groups is 1. The first kappa shape index (κ1) is 10.9. The van der Waals surface area contributed by atoms with Crippen molar-refractivity contribution in [1.82, 2.24) is 0 Å². The summed E-state index contributed by atoms with van der Waals surface area (Å²) < 4.78 is 10.7. The molecule has 0 amide bonds. The Hall–Kier alpha value is -0.190. The maximum absolute atomic E-state index is 11.8. The summed E-state index contributed by atoms with van der Waals surface area (Å²) >= 11 is 7.18. The van der Waals surface area contributed by atoms with E-state index in [2.05, 4.69) is 0 Å². The van der Waals surface area contributed by atoms with Crippen molar-refractivity contribution in [1.29, 1.82) is 0 Å². The minimum atomic E-state index is -0.533. The molecule has 2 fully saturated rings. The molecule has 5 heteroatoms. The third-order valence-electron chi connectivity index (χ3n) is 3.32. The first-order valence-electron chi connectivity index (χ1n) is 5.56. The second-order valence-electron chi connectivity index (χ2n) is 4.47. The van der Waals surface area contributed by atoms with Crippen LogP contribution in [0.5, 0.6) is 0 Å². The lowest BCUT2D eigenvalue weighted by atomic mass is 10.1. The molecule has 1 saturated carbocycles. The molecule has 3 nitrogen and oxygen atoms in total. The number of carbonyl (C=O) groups is 1. The molecule has 3 rings (SSSR count). The zero-order valence-corrected chi connectivity index (χ0v) is 10.4. The fourth-order valence-electron chi connectivity index (χ4n) is 2.55. The van der Waals surface area contributed by atoms with E-state index in [9.17, 15) is 4.79 Å². The number of ether oxygens (including phenoxy) is 2. The Morgan fingerprint density at radius 1 is 1.50 bits per heavy atom. The number of hydrogen-bond acceptors (Lipinski definition) is 4. The van der Waals surface area contributed by atoms with Gasteiger partial charge in [-0.2, -0.15) is 0 Å². The third-order valence-corrected chi connectivity index (χ3v) is 4.87. The summed E-state index contributed by atoms with van der Waals surface area (Å²) in [6.45, 7) is 0. The Kier molecular flexibility index (Phi) is 2.90. The van der Waals surface area contributed by atoms with E-state index in [4.69, 9.17) is 21.1 Å². The number of hydrogen-bond donors (Lipinski definition) is 0. The van der Waals surface area contributed by atoms with Crippen molar-refractivity contribution in [2.24, 2.45) is 5.92 Å². The average molecular weight is 261 g/mol. The monoisotopic (exact) mass is 260 g/mol. The van der Waals surface area contributed by atoms with Crippen LogP contribution in [0.2, 0.25) is 0 Å². The average Bonchev–Trinajstić information content (AvgIpc) is 2.92. The van der Waals surface area contributed by atoms with Gasteiger partial charge in [0.1, 0.15) is 11.3 Å². The topological polar surface area (TPSA) is 35.5 Å². The normalized spacial score (nSPS) is 37.2. The molecule has 0 aromatic rings. The number of carbonyl (C=O) groups excluding carboxylic acids is 1. The summed E-state index contributed by atoms with van der Waals surface area (Å²) in [5.41, 5.74) is 0.443. The summed E-state index contributed by atoms with van der Waals surface area (Å²) in [5.74, 6) is 1.98. The van der Waals surface area contributed by atoms with Gasteiger partial charge in [0.2, 0.25) is 5.44 Å². The molecule has 1 saturated heterocycles. The summed E-state index contributed by atoms with van der Waals surface area (Å²) in [5, 5.41) is 0. The maximum Gasteiger partial charge on any atom is 0.350 e. The molecule has 2 aliphatic carbocycles. The number of alkyl halides is 1. The van der Waals surface area contributed by atoms with Crippen LogP contribution in [0.15, 0.2) is 11.3 Å². The van der Waals surface area contributed by atoms with Gasteiger partial charge in [0.25, 0.3) is 0 Å². The number of allylic oxidation sites excluding steroid dienone is 2. The maximum atomic E-state index is 11.8. The second-order valence-corrected chi connectivity index (χ2v) is 6.05. The molecular weight excluding hydrogens is 248 g/mol. The first-order chi connectivity index (χ1) is 7.72. The zero-order chi connectivity index (χ0) is 11.1. The van der Waals surface area contributed by atoms with Gasteiger partial charge in [-0.3, -0.25) is 0 Å². The van der Waals surface area contributed by atoms with Gasteiger partial charge >= 0.3 is 5.97 Å². The van der Waals surface area contributed by atoms with Gasteiger partial charge in [-0.15, -0.1) is 11.8 Å². The lowest BCUT2D eigenvalue weighted by Gasteiger charge is -2.14. The van der Waals surface area contributed by atoms with Gasteiger partial charge in [0.05, 0.1) is 0 Å². The van der Waals surface area contributed by atoms with Gasteiger partial charge in [0, 0.05) is 12.2 Å². The van der Waals surface area contributed by atoms with Crippen LogP contribution in [0.25, 0.3) is 0 Å². The van der Waals surface area contributed by atoms with Crippen LogP contribution >= 0.6 is 23.4 Å². The van der Waals surface area contributed by atoms with E-state index in [0.717, 1.165) is 30.9 Å². The van der Waals surface area contributed by atoms with Gasteiger partial charge in [-0.25, -0.2) is 4.79 Å². The third kappa shape index (κ3) is 1.98. The Morgan fingerprint density at radius 3 is 2.94 bits per heavy atom. The Morgan fingerprint density at radius 2 is 2.38 bits per heavy atom. The lowest BCUT2D eigenvalue weighted by Crippen LogP contribution is -2.21. The van der Waals surface area contributed by atoms with Gasteiger partial charge in [0.15, 0.2) is 0 Å². The van der Waals surface area contributed by atoms with E-state index in [1.54, 1.807) is 0 Å². The quantitative estimate of drug-likeness (QED) is 0.565. The van der Waals surface area contributed by atoms with Crippen molar-refractivity contribution in [3.8, 4) is 0 Å². The number of rotatable bonds is 2. The van der Waals surface area contributed by atoms with Gasteiger partial charge < -0.3 is 9.47 Å². The lowest BCUT2D eigenvalue weighted by molar-refractivity contribution is -0.147. The summed E-state index contributed by atoms with van der Waals surface area (Å²) in [6.07, 6.45) is 4.42. The fraction of sp³-hybridized carbons (Fsp3) is 0.727. The molecule has 0 aromatic heterocycles. The van der Waals surface area contributed by atoms with E-state index in [0.29, 0.717) is 5.75 Å². The Bertz CT molecular complexity index is 355. The molecule has 1 aliphatic heterocycles. The zero-order valence-electron chi connectivity index (χ0n) is 8.78. The van der Waals surface area contributed by atoms with Crippen LogP contribution in [0.4, 0.5) is 0 Å². The molecule has 88 valence electrons.